The van der Waals surface area contributed by atoms with Gasteiger partial charge >= 0.3 is 5.97 Å². The summed E-state index contributed by atoms with van der Waals surface area (Å²) in [5, 5.41) is 37.6. The van der Waals surface area contributed by atoms with E-state index >= 15 is 0 Å². The molecule has 1 fully saturated rings. The summed E-state index contributed by atoms with van der Waals surface area (Å²) in [6.45, 7) is 4.70. The fourth-order valence-corrected chi connectivity index (χ4v) is 1.44. The maximum atomic E-state index is 11.5. The van der Waals surface area contributed by atoms with E-state index in [0.717, 1.165) is 0 Å². The first-order valence-electron chi connectivity index (χ1n) is 5.69. The van der Waals surface area contributed by atoms with Gasteiger partial charge in [0, 0.05) is 0 Å². The van der Waals surface area contributed by atoms with Crippen LogP contribution in [0.5, 0.6) is 0 Å². The molecule has 0 aromatic rings. The summed E-state index contributed by atoms with van der Waals surface area (Å²) in [6.07, 6.45) is -7.27. The Hall–Kier alpha value is -0.730. The third-order valence-electron chi connectivity index (χ3n) is 2.68. The Kier molecular flexibility index (Phi) is 4.68. The second kappa shape index (κ2) is 5.50. The predicted molar refractivity (Wildman–Crippen MR) is 59.3 cm³/mol. The summed E-state index contributed by atoms with van der Waals surface area (Å²) < 4.78 is 9.78. The first-order valence-corrected chi connectivity index (χ1v) is 5.69. The lowest BCUT2D eigenvalue weighted by molar-refractivity contribution is -0.287. The van der Waals surface area contributed by atoms with Crippen LogP contribution in [0.2, 0.25) is 0 Å². The van der Waals surface area contributed by atoms with Gasteiger partial charge in [0.1, 0.15) is 31.0 Å². The molecule has 0 aromatic carbocycles. The summed E-state index contributed by atoms with van der Waals surface area (Å²) in [5.41, 5.74) is -0.698. The van der Waals surface area contributed by atoms with Crippen LogP contribution in [0, 0.1) is 5.41 Å². The Morgan fingerprint density at radius 2 is 1.67 bits per heavy atom. The van der Waals surface area contributed by atoms with Crippen molar-refractivity contribution in [3.8, 4) is 0 Å². The smallest absolute Gasteiger partial charge is 0.311 e. The minimum atomic E-state index is -1.62. The summed E-state index contributed by atoms with van der Waals surface area (Å²) in [5.74, 6) is -0.492. The molecule has 106 valence electrons. The highest BCUT2D eigenvalue weighted by atomic mass is 16.6. The van der Waals surface area contributed by atoms with Gasteiger partial charge in [0.2, 0.25) is 0 Å². The number of aliphatic hydroxyl groups excluding tert-OH is 4. The maximum Gasteiger partial charge on any atom is 0.311 e. The first kappa shape index (κ1) is 15.3. The lowest BCUT2D eigenvalue weighted by atomic mass is 9.97. The van der Waals surface area contributed by atoms with Crippen molar-refractivity contribution >= 4 is 5.97 Å². The molecule has 0 saturated carbocycles. The molecule has 1 rings (SSSR count). The van der Waals surface area contributed by atoms with E-state index in [1.807, 2.05) is 0 Å². The van der Waals surface area contributed by atoms with Crippen molar-refractivity contribution in [2.75, 3.05) is 6.61 Å². The number of carbonyl (C=O) groups is 1. The third-order valence-corrected chi connectivity index (χ3v) is 2.68. The minimum absolute atomic E-state index is 0.307. The minimum Gasteiger partial charge on any atom is -0.462 e. The summed E-state index contributed by atoms with van der Waals surface area (Å²) >= 11 is 0. The molecule has 5 atom stereocenters. The number of carbonyl (C=O) groups excluding carboxylic acids is 1. The summed E-state index contributed by atoms with van der Waals surface area (Å²) in [6, 6.07) is 0. The molecule has 0 aromatic heterocycles. The molecule has 0 unspecified atom stereocenters. The fourth-order valence-electron chi connectivity index (χ4n) is 1.44. The number of aliphatic hydroxyl groups is 4. The SMILES string of the molecule is CC(C)(C)C(=O)OC[C@H]1O[C@H](O)[C@H](O)[C@@H](O)[C@@H]1O. The van der Waals surface area contributed by atoms with Gasteiger partial charge in [-0.2, -0.15) is 0 Å². The van der Waals surface area contributed by atoms with E-state index in [0.29, 0.717) is 0 Å². The first-order chi connectivity index (χ1) is 8.14. The Morgan fingerprint density at radius 3 is 2.17 bits per heavy atom. The number of ether oxygens (including phenoxy) is 2. The molecule has 18 heavy (non-hydrogen) atoms. The monoisotopic (exact) mass is 264 g/mol. The topological polar surface area (TPSA) is 116 Å². The van der Waals surface area contributed by atoms with Crippen LogP contribution in [0.15, 0.2) is 0 Å². The van der Waals surface area contributed by atoms with Crippen molar-refractivity contribution in [3.63, 3.8) is 0 Å². The Bertz CT molecular complexity index is 298. The van der Waals surface area contributed by atoms with Crippen LogP contribution in [0.4, 0.5) is 0 Å². The highest BCUT2D eigenvalue weighted by Gasteiger charge is 2.43. The number of rotatable bonds is 2. The van der Waals surface area contributed by atoms with Gasteiger partial charge in [0.25, 0.3) is 0 Å². The lowest BCUT2D eigenvalue weighted by Crippen LogP contribution is -2.58. The van der Waals surface area contributed by atoms with E-state index in [1.54, 1.807) is 20.8 Å². The quantitative estimate of drug-likeness (QED) is 0.443. The van der Waals surface area contributed by atoms with Gasteiger partial charge in [-0.25, -0.2) is 0 Å². The van der Waals surface area contributed by atoms with Crippen LogP contribution in [-0.2, 0) is 14.3 Å². The molecular weight excluding hydrogens is 244 g/mol. The molecule has 1 saturated heterocycles. The molecule has 0 spiro atoms. The molecule has 1 heterocycles. The van der Waals surface area contributed by atoms with Crippen LogP contribution >= 0.6 is 0 Å². The molecule has 4 N–H and O–H groups in total. The zero-order chi connectivity index (χ0) is 14.1. The van der Waals surface area contributed by atoms with Gasteiger partial charge < -0.3 is 29.9 Å². The average molecular weight is 264 g/mol. The Morgan fingerprint density at radius 1 is 1.11 bits per heavy atom. The standard InChI is InChI=1S/C11H20O7/c1-11(2,3)10(16)17-4-5-6(12)7(13)8(14)9(15)18-5/h5-9,12-15H,4H2,1-3H3/t5-,6-,7+,8-,9+/m1/s1. The molecular formula is C11H20O7. The molecule has 7 heteroatoms. The maximum absolute atomic E-state index is 11.5. The van der Waals surface area contributed by atoms with Crippen molar-refractivity contribution in [2.24, 2.45) is 5.41 Å². The van der Waals surface area contributed by atoms with E-state index in [2.05, 4.69) is 0 Å². The van der Waals surface area contributed by atoms with Gasteiger partial charge in [0.15, 0.2) is 6.29 Å². The number of esters is 1. The van der Waals surface area contributed by atoms with Crippen LogP contribution in [0.25, 0.3) is 0 Å². The molecule has 0 bridgehead atoms. The molecule has 0 amide bonds. The van der Waals surface area contributed by atoms with E-state index in [-0.39, 0.29) is 6.61 Å². The average Bonchev–Trinajstić information content (AvgIpc) is 2.27. The van der Waals surface area contributed by atoms with Crippen LogP contribution in [0.3, 0.4) is 0 Å². The van der Waals surface area contributed by atoms with Gasteiger partial charge in [-0.1, -0.05) is 0 Å². The zero-order valence-electron chi connectivity index (χ0n) is 10.6. The van der Waals surface area contributed by atoms with Gasteiger partial charge in [-0.05, 0) is 20.8 Å². The highest BCUT2D eigenvalue weighted by Crippen LogP contribution is 2.21. The number of hydrogen-bond acceptors (Lipinski definition) is 7. The summed E-state index contributed by atoms with van der Waals surface area (Å²) in [4.78, 5) is 11.5. The van der Waals surface area contributed by atoms with Crippen molar-refractivity contribution < 1.29 is 34.7 Å². The second-order valence-corrected chi connectivity index (χ2v) is 5.39. The van der Waals surface area contributed by atoms with Crippen molar-refractivity contribution in [1.82, 2.24) is 0 Å². The highest BCUT2D eigenvalue weighted by molar-refractivity contribution is 5.75. The zero-order valence-corrected chi connectivity index (χ0v) is 10.6. The van der Waals surface area contributed by atoms with Crippen LogP contribution in [-0.4, -0.2) is 63.7 Å². The van der Waals surface area contributed by atoms with Crippen molar-refractivity contribution in [1.29, 1.82) is 0 Å². The fraction of sp³-hybridized carbons (Fsp3) is 0.909. The van der Waals surface area contributed by atoms with Crippen LogP contribution in [0.1, 0.15) is 20.8 Å². The molecule has 1 aliphatic heterocycles. The molecule has 7 nitrogen and oxygen atoms in total. The van der Waals surface area contributed by atoms with E-state index in [1.165, 1.54) is 0 Å². The van der Waals surface area contributed by atoms with E-state index < -0.39 is 42.1 Å². The van der Waals surface area contributed by atoms with Gasteiger partial charge in [-0.15, -0.1) is 0 Å². The van der Waals surface area contributed by atoms with Crippen molar-refractivity contribution in [3.05, 3.63) is 0 Å². The van der Waals surface area contributed by atoms with Crippen molar-refractivity contribution in [2.45, 2.75) is 51.5 Å². The third kappa shape index (κ3) is 3.39. The van der Waals surface area contributed by atoms with Crippen LogP contribution < -0.4 is 0 Å². The van der Waals surface area contributed by atoms with Gasteiger partial charge in [-0.3, -0.25) is 4.79 Å². The number of hydrogen-bond donors (Lipinski definition) is 4. The van der Waals surface area contributed by atoms with Gasteiger partial charge in [0.05, 0.1) is 5.41 Å². The largest absolute Gasteiger partial charge is 0.462 e. The second-order valence-electron chi connectivity index (χ2n) is 5.39. The lowest BCUT2D eigenvalue weighted by Gasteiger charge is -2.38. The van der Waals surface area contributed by atoms with E-state index in [4.69, 9.17) is 9.47 Å². The molecule has 1 aliphatic rings. The Labute approximate surface area is 105 Å². The molecule has 0 aliphatic carbocycles. The Balaban J connectivity index is 2.55. The normalized spacial score (nSPS) is 37.4. The van der Waals surface area contributed by atoms with E-state index in [9.17, 15) is 25.2 Å². The molecule has 0 radical (unpaired) electrons. The predicted octanol–water partition coefficient (Wildman–Crippen LogP) is -1.62. The summed E-state index contributed by atoms with van der Waals surface area (Å²) in [7, 11) is 0.